The number of aryl methyl sites for hydroxylation is 3. The van der Waals surface area contributed by atoms with Crippen molar-refractivity contribution in [2.45, 2.75) is 13.8 Å². The summed E-state index contributed by atoms with van der Waals surface area (Å²) in [6.45, 7) is 3.80. The standard InChI is InChI=1S/C17H16N6O/c1-9-13-6-11(8-18-16(13)23(3)22-9)17(24)21-12-4-5-14-15(7-12)20-10(2)19-14/h4-8H,1-3H3,(H,19,20)(H,21,24). The molecule has 1 aromatic carbocycles. The lowest BCUT2D eigenvalue weighted by molar-refractivity contribution is 0.102. The molecule has 7 heteroatoms. The number of imidazole rings is 1. The average molecular weight is 320 g/mol. The molecule has 0 saturated heterocycles. The minimum absolute atomic E-state index is 0.205. The summed E-state index contributed by atoms with van der Waals surface area (Å²) in [5.41, 5.74) is 4.59. The quantitative estimate of drug-likeness (QED) is 0.594. The number of pyridine rings is 1. The number of hydrogen-bond acceptors (Lipinski definition) is 4. The van der Waals surface area contributed by atoms with Crippen LogP contribution in [0.3, 0.4) is 0 Å². The van der Waals surface area contributed by atoms with E-state index in [1.807, 2.05) is 45.2 Å². The van der Waals surface area contributed by atoms with Gasteiger partial charge in [-0.2, -0.15) is 5.10 Å². The number of H-pyrrole nitrogens is 1. The fourth-order valence-corrected chi connectivity index (χ4v) is 2.85. The van der Waals surface area contributed by atoms with Gasteiger partial charge >= 0.3 is 0 Å². The van der Waals surface area contributed by atoms with E-state index in [1.54, 1.807) is 10.9 Å². The summed E-state index contributed by atoms with van der Waals surface area (Å²) in [7, 11) is 1.84. The van der Waals surface area contributed by atoms with Gasteiger partial charge in [-0.25, -0.2) is 9.97 Å². The molecule has 0 atom stereocenters. The Balaban J connectivity index is 1.66. The maximum Gasteiger partial charge on any atom is 0.257 e. The molecule has 0 bridgehead atoms. The zero-order valence-corrected chi connectivity index (χ0v) is 13.6. The second kappa shape index (κ2) is 5.16. The first kappa shape index (κ1) is 14.4. The molecule has 4 rings (SSSR count). The zero-order valence-electron chi connectivity index (χ0n) is 13.6. The van der Waals surface area contributed by atoms with Gasteiger partial charge in [0.1, 0.15) is 5.82 Å². The molecule has 0 radical (unpaired) electrons. The first-order valence-electron chi connectivity index (χ1n) is 7.58. The molecule has 0 saturated carbocycles. The van der Waals surface area contributed by atoms with Gasteiger partial charge in [-0.1, -0.05) is 0 Å². The molecule has 2 N–H and O–H groups in total. The minimum Gasteiger partial charge on any atom is -0.342 e. The highest BCUT2D eigenvalue weighted by atomic mass is 16.1. The number of amides is 1. The van der Waals surface area contributed by atoms with Gasteiger partial charge < -0.3 is 10.3 Å². The highest BCUT2D eigenvalue weighted by Gasteiger charge is 2.12. The summed E-state index contributed by atoms with van der Waals surface area (Å²) in [6.07, 6.45) is 1.57. The predicted octanol–water partition coefficient (Wildman–Crippen LogP) is 2.71. The summed E-state index contributed by atoms with van der Waals surface area (Å²) >= 11 is 0. The van der Waals surface area contributed by atoms with Gasteiger partial charge in [0.05, 0.1) is 22.3 Å². The maximum absolute atomic E-state index is 12.5. The Morgan fingerprint density at radius 1 is 1.25 bits per heavy atom. The molecule has 0 aliphatic rings. The molecule has 1 amide bonds. The molecule has 0 aliphatic heterocycles. The number of aromatic amines is 1. The molecule has 0 aliphatic carbocycles. The van der Waals surface area contributed by atoms with E-state index in [1.165, 1.54) is 0 Å². The Morgan fingerprint density at radius 3 is 2.92 bits per heavy atom. The van der Waals surface area contributed by atoms with Crippen molar-refractivity contribution >= 4 is 33.7 Å². The molecule has 0 unspecified atom stereocenters. The maximum atomic E-state index is 12.5. The fraction of sp³-hybridized carbons (Fsp3) is 0.176. The number of hydrogen-bond donors (Lipinski definition) is 2. The van der Waals surface area contributed by atoms with Gasteiger partial charge in [-0.3, -0.25) is 9.48 Å². The summed E-state index contributed by atoms with van der Waals surface area (Å²) in [5.74, 6) is 0.637. The van der Waals surface area contributed by atoms with Crippen molar-refractivity contribution in [3.63, 3.8) is 0 Å². The van der Waals surface area contributed by atoms with E-state index in [4.69, 9.17) is 0 Å². The van der Waals surface area contributed by atoms with Crippen LogP contribution in [0, 0.1) is 13.8 Å². The molecule has 3 aromatic heterocycles. The van der Waals surface area contributed by atoms with E-state index >= 15 is 0 Å². The smallest absolute Gasteiger partial charge is 0.257 e. The van der Waals surface area contributed by atoms with Crippen LogP contribution in [0.15, 0.2) is 30.5 Å². The van der Waals surface area contributed by atoms with Crippen molar-refractivity contribution < 1.29 is 4.79 Å². The number of anilines is 1. The first-order valence-corrected chi connectivity index (χ1v) is 7.58. The third-order valence-corrected chi connectivity index (χ3v) is 3.98. The van der Waals surface area contributed by atoms with Gasteiger partial charge in [-0.15, -0.1) is 0 Å². The first-order chi connectivity index (χ1) is 11.5. The van der Waals surface area contributed by atoms with Crippen molar-refractivity contribution in [3.05, 3.63) is 47.5 Å². The second-order valence-electron chi connectivity index (χ2n) is 5.81. The van der Waals surface area contributed by atoms with E-state index in [2.05, 4.69) is 25.4 Å². The SMILES string of the molecule is Cc1nc2ccc(NC(=O)c3cnc4c(c3)c(C)nn4C)cc2[nH]1. The molecule has 0 spiro atoms. The molecule has 3 heterocycles. The highest BCUT2D eigenvalue weighted by Crippen LogP contribution is 2.20. The summed E-state index contributed by atoms with van der Waals surface area (Å²) in [6, 6.07) is 7.40. The minimum atomic E-state index is -0.205. The molecular formula is C17H16N6O. The monoisotopic (exact) mass is 320 g/mol. The number of fused-ring (bicyclic) bond motifs is 2. The third-order valence-electron chi connectivity index (χ3n) is 3.98. The number of carbonyl (C=O) groups is 1. The van der Waals surface area contributed by atoms with Crippen LogP contribution >= 0.6 is 0 Å². The normalized spacial score (nSPS) is 11.3. The Labute approximate surface area is 137 Å². The number of rotatable bonds is 2. The van der Waals surface area contributed by atoms with E-state index in [9.17, 15) is 4.79 Å². The van der Waals surface area contributed by atoms with Crippen LogP contribution in [0.2, 0.25) is 0 Å². The lowest BCUT2D eigenvalue weighted by atomic mass is 10.2. The molecule has 4 aromatic rings. The fourth-order valence-electron chi connectivity index (χ4n) is 2.85. The van der Waals surface area contributed by atoms with Crippen LogP contribution < -0.4 is 5.32 Å². The zero-order chi connectivity index (χ0) is 16.8. The summed E-state index contributed by atoms with van der Waals surface area (Å²) in [4.78, 5) is 24.4. The number of carbonyl (C=O) groups excluding carboxylic acids is 1. The lowest BCUT2D eigenvalue weighted by Crippen LogP contribution is -2.12. The number of nitrogens with zero attached hydrogens (tertiary/aromatic N) is 4. The Hall–Kier alpha value is -3.22. The van der Waals surface area contributed by atoms with E-state index < -0.39 is 0 Å². The van der Waals surface area contributed by atoms with Crippen LogP contribution in [-0.2, 0) is 7.05 Å². The summed E-state index contributed by atoms with van der Waals surface area (Å²) in [5, 5.41) is 8.10. The number of aromatic nitrogens is 5. The van der Waals surface area contributed by atoms with Gasteiger partial charge in [0.25, 0.3) is 5.91 Å². The molecule has 0 fully saturated rings. The van der Waals surface area contributed by atoms with Crippen LogP contribution in [-0.4, -0.2) is 30.6 Å². The Kier molecular flexibility index (Phi) is 3.09. The lowest BCUT2D eigenvalue weighted by Gasteiger charge is -2.05. The van der Waals surface area contributed by atoms with Gasteiger partial charge in [0.2, 0.25) is 0 Å². The average Bonchev–Trinajstić information content (AvgIpc) is 3.06. The van der Waals surface area contributed by atoms with Crippen LogP contribution in [0.5, 0.6) is 0 Å². The van der Waals surface area contributed by atoms with Crippen molar-refractivity contribution in [1.29, 1.82) is 0 Å². The van der Waals surface area contributed by atoms with Crippen LogP contribution in [0.25, 0.3) is 22.1 Å². The summed E-state index contributed by atoms with van der Waals surface area (Å²) < 4.78 is 1.71. The predicted molar refractivity (Wildman–Crippen MR) is 92.0 cm³/mol. The van der Waals surface area contributed by atoms with E-state index in [0.717, 1.165) is 33.6 Å². The van der Waals surface area contributed by atoms with Crippen molar-refractivity contribution in [3.8, 4) is 0 Å². The van der Waals surface area contributed by atoms with Crippen molar-refractivity contribution in [2.24, 2.45) is 7.05 Å². The number of nitrogens with one attached hydrogen (secondary N) is 2. The van der Waals surface area contributed by atoms with Crippen molar-refractivity contribution in [2.75, 3.05) is 5.32 Å². The Bertz CT molecular complexity index is 1090. The second-order valence-corrected chi connectivity index (χ2v) is 5.81. The van der Waals surface area contributed by atoms with Gasteiger partial charge in [0, 0.05) is 24.3 Å². The Morgan fingerprint density at radius 2 is 2.08 bits per heavy atom. The van der Waals surface area contributed by atoms with Crippen LogP contribution in [0.1, 0.15) is 21.9 Å². The highest BCUT2D eigenvalue weighted by molar-refractivity contribution is 6.06. The third kappa shape index (κ3) is 2.30. The van der Waals surface area contributed by atoms with E-state index in [0.29, 0.717) is 11.3 Å². The van der Waals surface area contributed by atoms with Crippen molar-refractivity contribution in [1.82, 2.24) is 24.7 Å². The van der Waals surface area contributed by atoms with Crippen LogP contribution in [0.4, 0.5) is 5.69 Å². The largest absolute Gasteiger partial charge is 0.342 e. The van der Waals surface area contributed by atoms with Gasteiger partial charge in [0.15, 0.2) is 5.65 Å². The molecule has 24 heavy (non-hydrogen) atoms. The topological polar surface area (TPSA) is 88.5 Å². The van der Waals surface area contributed by atoms with E-state index in [-0.39, 0.29) is 5.91 Å². The number of benzene rings is 1. The molecule has 7 nitrogen and oxygen atoms in total. The van der Waals surface area contributed by atoms with Gasteiger partial charge in [-0.05, 0) is 38.1 Å². The molecule has 120 valence electrons. The molecular weight excluding hydrogens is 304 g/mol.